The minimum absolute atomic E-state index is 0.265. The van der Waals surface area contributed by atoms with Crippen molar-refractivity contribution in [2.75, 3.05) is 7.05 Å². The van der Waals surface area contributed by atoms with Crippen LogP contribution < -0.4 is 5.32 Å². The Hall–Kier alpha value is -0.740. The molecule has 1 unspecified atom stereocenters. The van der Waals surface area contributed by atoms with Crippen LogP contribution in [0.2, 0.25) is 0 Å². The molecule has 3 nitrogen and oxygen atoms in total. The summed E-state index contributed by atoms with van der Waals surface area (Å²) in [4.78, 5) is 0. The molecule has 0 aliphatic rings. The summed E-state index contributed by atoms with van der Waals surface area (Å²) in [6, 6.07) is 0.265. The summed E-state index contributed by atoms with van der Waals surface area (Å²) in [7, 11) is 1.92. The fourth-order valence-corrected chi connectivity index (χ4v) is 1.53. The monoisotopic (exact) mass is 183 g/mol. The van der Waals surface area contributed by atoms with Crippen molar-refractivity contribution in [3.63, 3.8) is 0 Å². The quantitative estimate of drug-likeness (QED) is 0.723. The summed E-state index contributed by atoms with van der Waals surface area (Å²) in [5.74, 6) is 0. The number of hydrogen-bond acceptors (Lipinski definition) is 4. The van der Waals surface area contributed by atoms with Crippen molar-refractivity contribution in [3.05, 3.63) is 23.2 Å². The van der Waals surface area contributed by atoms with Gasteiger partial charge in [0.05, 0.1) is 11.7 Å². The first-order valence-corrected chi connectivity index (χ1v) is 4.66. The van der Waals surface area contributed by atoms with E-state index in [0.29, 0.717) is 0 Å². The highest BCUT2D eigenvalue weighted by atomic mass is 32.1. The Balaban J connectivity index is 2.63. The highest BCUT2D eigenvalue weighted by Crippen LogP contribution is 2.17. The van der Waals surface area contributed by atoms with Crippen molar-refractivity contribution >= 4 is 11.5 Å². The lowest BCUT2D eigenvalue weighted by atomic mass is 10.1. The third-order valence-corrected chi connectivity index (χ3v) is 2.16. The zero-order valence-corrected chi connectivity index (χ0v) is 8.19. The van der Waals surface area contributed by atoms with Crippen molar-refractivity contribution in [2.24, 2.45) is 0 Å². The first-order valence-electron chi connectivity index (χ1n) is 3.82. The van der Waals surface area contributed by atoms with E-state index in [0.717, 1.165) is 17.7 Å². The molecular formula is C8H13N3S. The minimum atomic E-state index is 0.265. The van der Waals surface area contributed by atoms with Gasteiger partial charge >= 0.3 is 0 Å². The zero-order chi connectivity index (χ0) is 8.97. The van der Waals surface area contributed by atoms with E-state index in [1.54, 1.807) is 0 Å². The van der Waals surface area contributed by atoms with Gasteiger partial charge in [-0.2, -0.15) is 0 Å². The summed E-state index contributed by atoms with van der Waals surface area (Å²) in [5, 5.41) is 9.15. The molecule has 1 rings (SSSR count). The second-order valence-corrected chi connectivity index (χ2v) is 3.44. The van der Waals surface area contributed by atoms with Crippen molar-refractivity contribution in [1.82, 2.24) is 14.9 Å². The number of aromatic nitrogens is 2. The SMILES string of the molecule is C=C(C)CC(NC)c1csnn1. The van der Waals surface area contributed by atoms with Crippen molar-refractivity contribution < 1.29 is 0 Å². The topological polar surface area (TPSA) is 37.8 Å². The Kier molecular flexibility index (Phi) is 3.37. The Labute approximate surface area is 76.7 Å². The molecule has 0 spiro atoms. The van der Waals surface area contributed by atoms with Crippen LogP contribution in [0.5, 0.6) is 0 Å². The molecule has 66 valence electrons. The van der Waals surface area contributed by atoms with E-state index in [9.17, 15) is 0 Å². The van der Waals surface area contributed by atoms with Crippen LogP contribution in [0.25, 0.3) is 0 Å². The Morgan fingerprint density at radius 2 is 2.58 bits per heavy atom. The Bertz CT molecular complexity index is 243. The van der Waals surface area contributed by atoms with Gasteiger partial charge in [0.25, 0.3) is 0 Å². The maximum atomic E-state index is 4.01. The molecule has 0 saturated heterocycles. The fraction of sp³-hybridized carbons (Fsp3) is 0.500. The molecule has 0 aromatic carbocycles. The fourth-order valence-electron chi connectivity index (χ4n) is 1.03. The Morgan fingerprint density at radius 3 is 3.00 bits per heavy atom. The van der Waals surface area contributed by atoms with Gasteiger partial charge in [-0.25, -0.2) is 0 Å². The summed E-state index contributed by atoms with van der Waals surface area (Å²) in [6.07, 6.45) is 0.919. The first kappa shape index (κ1) is 9.35. The molecule has 1 heterocycles. The van der Waals surface area contributed by atoms with Crippen LogP contribution in [0.4, 0.5) is 0 Å². The van der Waals surface area contributed by atoms with Crippen LogP contribution >= 0.6 is 11.5 Å². The van der Waals surface area contributed by atoms with Gasteiger partial charge in [0.1, 0.15) is 0 Å². The zero-order valence-electron chi connectivity index (χ0n) is 7.37. The molecule has 1 aromatic heterocycles. The third-order valence-electron chi connectivity index (χ3n) is 1.63. The molecule has 0 saturated carbocycles. The lowest BCUT2D eigenvalue weighted by Crippen LogP contribution is -2.16. The van der Waals surface area contributed by atoms with Crippen LogP contribution in [-0.4, -0.2) is 16.6 Å². The lowest BCUT2D eigenvalue weighted by Gasteiger charge is -2.12. The predicted molar refractivity (Wildman–Crippen MR) is 51.1 cm³/mol. The molecule has 0 aliphatic carbocycles. The van der Waals surface area contributed by atoms with E-state index in [2.05, 4.69) is 21.5 Å². The highest BCUT2D eigenvalue weighted by molar-refractivity contribution is 7.03. The van der Waals surface area contributed by atoms with Crippen molar-refractivity contribution in [2.45, 2.75) is 19.4 Å². The average molecular weight is 183 g/mol. The van der Waals surface area contributed by atoms with Crippen LogP contribution in [0, 0.1) is 0 Å². The van der Waals surface area contributed by atoms with E-state index in [4.69, 9.17) is 0 Å². The molecule has 0 bridgehead atoms. The molecule has 0 fully saturated rings. The second-order valence-electron chi connectivity index (χ2n) is 2.83. The van der Waals surface area contributed by atoms with Gasteiger partial charge in [-0.1, -0.05) is 10.1 Å². The van der Waals surface area contributed by atoms with Crippen LogP contribution in [-0.2, 0) is 0 Å². The minimum Gasteiger partial charge on any atom is -0.311 e. The van der Waals surface area contributed by atoms with Crippen LogP contribution in [0.1, 0.15) is 25.1 Å². The van der Waals surface area contributed by atoms with Gasteiger partial charge in [-0.3, -0.25) is 0 Å². The lowest BCUT2D eigenvalue weighted by molar-refractivity contribution is 0.572. The number of hydrogen-bond donors (Lipinski definition) is 1. The number of nitrogens with zero attached hydrogens (tertiary/aromatic N) is 2. The van der Waals surface area contributed by atoms with Gasteiger partial charge in [0.2, 0.25) is 0 Å². The van der Waals surface area contributed by atoms with Gasteiger partial charge in [0, 0.05) is 5.38 Å². The second kappa shape index (κ2) is 4.33. The van der Waals surface area contributed by atoms with Crippen LogP contribution in [0.15, 0.2) is 17.5 Å². The van der Waals surface area contributed by atoms with E-state index >= 15 is 0 Å². The molecule has 1 N–H and O–H groups in total. The molecule has 0 radical (unpaired) electrons. The van der Waals surface area contributed by atoms with Crippen molar-refractivity contribution in [1.29, 1.82) is 0 Å². The van der Waals surface area contributed by atoms with Gasteiger partial charge in [0.15, 0.2) is 0 Å². The number of nitrogens with one attached hydrogen (secondary N) is 1. The summed E-state index contributed by atoms with van der Waals surface area (Å²) in [5.41, 5.74) is 2.16. The summed E-state index contributed by atoms with van der Waals surface area (Å²) < 4.78 is 3.82. The van der Waals surface area contributed by atoms with Gasteiger partial charge in [-0.05, 0) is 31.9 Å². The summed E-state index contributed by atoms with van der Waals surface area (Å²) >= 11 is 1.38. The van der Waals surface area contributed by atoms with Crippen molar-refractivity contribution in [3.8, 4) is 0 Å². The maximum Gasteiger partial charge on any atom is 0.0927 e. The van der Waals surface area contributed by atoms with E-state index in [1.165, 1.54) is 11.5 Å². The Morgan fingerprint density at radius 1 is 1.83 bits per heavy atom. The number of rotatable bonds is 4. The third kappa shape index (κ3) is 2.39. The van der Waals surface area contributed by atoms with Gasteiger partial charge in [-0.15, -0.1) is 11.7 Å². The standard InChI is InChI=1S/C8H13N3S/c1-6(2)4-7(9-3)8-5-12-11-10-8/h5,7,9H,1,4H2,2-3H3. The average Bonchev–Trinajstić information content (AvgIpc) is 2.51. The molecule has 4 heteroatoms. The van der Waals surface area contributed by atoms with E-state index in [1.807, 2.05) is 19.4 Å². The van der Waals surface area contributed by atoms with Crippen LogP contribution in [0.3, 0.4) is 0 Å². The maximum absolute atomic E-state index is 4.01. The first-order chi connectivity index (χ1) is 5.74. The predicted octanol–water partition coefficient (Wildman–Crippen LogP) is 1.76. The molecular weight excluding hydrogens is 170 g/mol. The summed E-state index contributed by atoms with van der Waals surface area (Å²) in [6.45, 7) is 5.89. The molecule has 0 amide bonds. The van der Waals surface area contributed by atoms with E-state index < -0.39 is 0 Å². The normalized spacial score (nSPS) is 12.8. The van der Waals surface area contributed by atoms with Gasteiger partial charge < -0.3 is 5.32 Å². The smallest absolute Gasteiger partial charge is 0.0927 e. The molecule has 1 atom stereocenters. The largest absolute Gasteiger partial charge is 0.311 e. The van der Waals surface area contributed by atoms with E-state index in [-0.39, 0.29) is 6.04 Å². The molecule has 1 aromatic rings. The molecule has 0 aliphatic heterocycles. The highest BCUT2D eigenvalue weighted by Gasteiger charge is 2.11. The molecule has 12 heavy (non-hydrogen) atoms.